The van der Waals surface area contributed by atoms with Crippen molar-refractivity contribution in [2.24, 2.45) is 0 Å². The summed E-state index contributed by atoms with van der Waals surface area (Å²) in [5, 5.41) is 0. The second kappa shape index (κ2) is 50.4. The predicted molar refractivity (Wildman–Crippen MR) is 347 cm³/mol. The highest BCUT2D eigenvalue weighted by Gasteiger charge is 2.35. The smallest absolute Gasteiger partial charge is 0.215 e. The zero-order valence-corrected chi connectivity index (χ0v) is 52.3. The van der Waals surface area contributed by atoms with Crippen molar-refractivity contribution in [1.82, 2.24) is 0 Å². The van der Waals surface area contributed by atoms with E-state index >= 15 is 0 Å². The molecule has 440 valence electrons. The number of allylic oxidation sites excluding steroid dienone is 3. The first-order valence-electron chi connectivity index (χ1n) is 35.1. The molecule has 1 aliphatic heterocycles. The van der Waals surface area contributed by atoms with Gasteiger partial charge in [-0.15, -0.1) is 0 Å². The summed E-state index contributed by atoms with van der Waals surface area (Å²) in [6.07, 6.45) is 77.7. The van der Waals surface area contributed by atoms with Gasteiger partial charge in [0, 0.05) is 16.7 Å². The molecule has 0 aromatic heterocycles. The first-order valence-corrected chi connectivity index (χ1v) is 35.1. The van der Waals surface area contributed by atoms with Gasteiger partial charge >= 0.3 is 0 Å². The van der Waals surface area contributed by atoms with Gasteiger partial charge in [0.25, 0.3) is 0 Å². The van der Waals surface area contributed by atoms with Crippen molar-refractivity contribution in [3.05, 3.63) is 93.8 Å². The molecular weight excluding hydrogens is 929 g/mol. The first kappa shape index (κ1) is 68.7. The lowest BCUT2D eigenvalue weighted by atomic mass is 9.91. The van der Waals surface area contributed by atoms with Crippen LogP contribution in [0.25, 0.3) is 11.5 Å². The van der Waals surface area contributed by atoms with Crippen LogP contribution in [0.4, 0.5) is 0 Å². The van der Waals surface area contributed by atoms with Crippen LogP contribution in [0.3, 0.4) is 0 Å². The molecule has 2 heteroatoms. The summed E-state index contributed by atoms with van der Waals surface area (Å²) in [5.74, 6) is 9.72. The van der Waals surface area contributed by atoms with E-state index < -0.39 is 0 Å². The number of aryl methyl sites for hydroxylation is 2. The zero-order chi connectivity index (χ0) is 54.7. The molecule has 0 unspecified atom stereocenters. The molecule has 0 aliphatic carbocycles. The van der Waals surface area contributed by atoms with Crippen LogP contribution in [-0.4, -0.2) is 10.4 Å². The van der Waals surface area contributed by atoms with E-state index in [1.54, 1.807) is 0 Å². The first-order chi connectivity index (χ1) is 38.1. The minimum atomic E-state index is 1.03. The Kier molecular flexibility index (Phi) is 44.9. The summed E-state index contributed by atoms with van der Waals surface area (Å²) in [6.45, 7) is 9.22. The van der Waals surface area contributed by atoms with Gasteiger partial charge in [-0.1, -0.05) is 360 Å². The zero-order valence-electron chi connectivity index (χ0n) is 52.3. The standard InChI is InChI=1S/C75H130N2/c1-5-9-13-15-17-19-21-23-25-27-29-31-33-35-37-39-41-43-45-47-49-51-54-56-68-60-64-70(65-61-68)74-72(58-12-8-4)73(59-53-11-7-3)75(77(74)76)71-66-62-69(63-67-71)57-55-52-50-48-46-44-42-40-38-36-34-32-30-28-26-24-22-20-18-16-14-10-6-2/h59-67,76H,5-58H2,1-4H3. The van der Waals surface area contributed by atoms with Crippen LogP contribution in [0.5, 0.6) is 0 Å². The van der Waals surface area contributed by atoms with Crippen LogP contribution >= 0.6 is 0 Å². The highest BCUT2D eigenvalue weighted by atomic mass is 15.3. The fourth-order valence-corrected chi connectivity index (χ4v) is 12.4. The molecule has 2 aromatic carbocycles. The van der Waals surface area contributed by atoms with Gasteiger partial charge in [0.05, 0.1) is 5.57 Å². The third-order valence-corrected chi connectivity index (χ3v) is 17.6. The van der Waals surface area contributed by atoms with Gasteiger partial charge in [0.2, 0.25) is 11.4 Å². The highest BCUT2D eigenvalue weighted by Crippen LogP contribution is 2.38. The largest absolute Gasteiger partial charge is 0.448 e. The lowest BCUT2D eigenvalue weighted by Crippen LogP contribution is -2.11. The molecule has 0 atom stereocenters. The van der Waals surface area contributed by atoms with E-state index in [0.717, 1.165) is 43.5 Å². The minimum absolute atomic E-state index is 1.03. The van der Waals surface area contributed by atoms with Gasteiger partial charge in [-0.2, -0.15) is 0 Å². The molecule has 1 heterocycles. The summed E-state index contributed by atoms with van der Waals surface area (Å²) in [5.41, 5.74) is 10.2. The Morgan fingerprint density at radius 1 is 0.286 bits per heavy atom. The van der Waals surface area contributed by atoms with Crippen LogP contribution in [0.15, 0.2) is 65.8 Å². The van der Waals surface area contributed by atoms with Crippen molar-refractivity contribution in [1.29, 1.82) is 0 Å². The molecule has 0 radical (unpaired) electrons. The van der Waals surface area contributed by atoms with Crippen molar-refractivity contribution in [3.8, 4) is 0 Å². The summed E-state index contributed by atoms with van der Waals surface area (Å²) in [7, 11) is 0. The topological polar surface area (TPSA) is 26.8 Å². The van der Waals surface area contributed by atoms with Gasteiger partial charge in [0.15, 0.2) is 0 Å². The van der Waals surface area contributed by atoms with E-state index in [1.807, 2.05) is 4.68 Å². The van der Waals surface area contributed by atoms with E-state index in [-0.39, 0.29) is 0 Å². The molecule has 1 aliphatic rings. The second-order valence-corrected chi connectivity index (χ2v) is 24.8. The maximum absolute atomic E-state index is 9.72. The molecule has 0 saturated carbocycles. The molecular formula is C75H130N2. The van der Waals surface area contributed by atoms with Gasteiger partial charge in [-0.05, 0) is 80.3 Å². The number of rotatable bonds is 56. The Balaban J connectivity index is 1.29. The average molecular weight is 1060 g/mol. The number of hydrogen-bond acceptors (Lipinski definition) is 0. The Hall–Kier alpha value is -2.61. The van der Waals surface area contributed by atoms with E-state index in [2.05, 4.69) is 82.3 Å². The van der Waals surface area contributed by atoms with Crippen molar-refractivity contribution < 1.29 is 4.68 Å². The summed E-state index contributed by atoms with van der Waals surface area (Å²) < 4.78 is 1.81. The predicted octanol–water partition coefficient (Wildman–Crippen LogP) is 26.3. The van der Waals surface area contributed by atoms with Crippen LogP contribution < -0.4 is 0 Å². The van der Waals surface area contributed by atoms with E-state index in [4.69, 9.17) is 0 Å². The van der Waals surface area contributed by atoms with Crippen molar-refractivity contribution in [3.63, 3.8) is 0 Å². The van der Waals surface area contributed by atoms with E-state index in [1.165, 1.54) is 348 Å². The maximum atomic E-state index is 9.72. The third-order valence-electron chi connectivity index (χ3n) is 17.6. The molecule has 77 heavy (non-hydrogen) atoms. The number of nitrogens with zero attached hydrogens (tertiary/aromatic N) is 1. The third kappa shape index (κ3) is 34.3. The highest BCUT2D eigenvalue weighted by molar-refractivity contribution is 6.16. The van der Waals surface area contributed by atoms with E-state index in [0.29, 0.717) is 0 Å². The van der Waals surface area contributed by atoms with Crippen LogP contribution in [0.2, 0.25) is 0 Å². The summed E-state index contributed by atoms with van der Waals surface area (Å²) in [6, 6.07) is 18.7. The van der Waals surface area contributed by atoms with Crippen LogP contribution in [0, 0.1) is 0 Å². The number of hydrogen-bond donors (Lipinski definition) is 0. The van der Waals surface area contributed by atoms with Crippen molar-refractivity contribution in [2.75, 3.05) is 0 Å². The normalized spacial score (nSPS) is 13.4. The molecule has 3 rings (SSSR count). The Morgan fingerprint density at radius 2 is 0.545 bits per heavy atom. The molecule has 0 amide bonds. The minimum Gasteiger partial charge on any atom is -0.448 e. The molecule has 2 aromatic rings. The Morgan fingerprint density at radius 3 is 0.831 bits per heavy atom. The molecule has 0 bridgehead atoms. The lowest BCUT2D eigenvalue weighted by Gasteiger charge is -2.10. The Labute approximate surface area is 482 Å². The van der Waals surface area contributed by atoms with Crippen LogP contribution in [-0.2, 0) is 12.8 Å². The van der Waals surface area contributed by atoms with Gasteiger partial charge in [-0.25, -0.2) is 4.68 Å². The van der Waals surface area contributed by atoms with Gasteiger partial charge in [0.1, 0.15) is 0 Å². The van der Waals surface area contributed by atoms with Gasteiger partial charge < -0.3 is 5.84 Å². The molecule has 1 N–H and O–H groups in total. The maximum Gasteiger partial charge on any atom is 0.215 e. The molecule has 0 spiro atoms. The number of benzene rings is 2. The molecule has 2 nitrogen and oxygen atoms in total. The fraction of sp³-hybridized carbons (Fsp3) is 0.773. The average Bonchev–Trinajstić information content (AvgIpc) is 3.84. The fourth-order valence-electron chi connectivity index (χ4n) is 12.4. The monoisotopic (exact) mass is 1060 g/mol. The Bertz CT molecular complexity index is 1710. The SMILES string of the molecule is CCCCC=C1C(CCCC)=C(c2ccc(CCCCCCCCCCCCCCCCCCCCCCCCC)cc2)[N+]([NH-])=C1c1ccc(CCCCCCCCCCCCCCCCCCCCCCCCC)cc1. The molecule has 0 fully saturated rings. The quantitative estimate of drug-likeness (QED) is 0.0466. The van der Waals surface area contributed by atoms with Crippen molar-refractivity contribution >= 4 is 11.4 Å². The van der Waals surface area contributed by atoms with Crippen LogP contribution in [0.1, 0.15) is 384 Å². The number of unbranched alkanes of at least 4 members (excludes halogenated alkanes) is 47. The lowest BCUT2D eigenvalue weighted by molar-refractivity contribution is -0.347. The number of nitrogens with one attached hydrogen (secondary N) is 1. The molecule has 0 saturated heterocycles. The van der Waals surface area contributed by atoms with Gasteiger partial charge in [-0.3, -0.25) is 0 Å². The summed E-state index contributed by atoms with van der Waals surface area (Å²) >= 11 is 0. The second-order valence-electron chi connectivity index (χ2n) is 24.8. The van der Waals surface area contributed by atoms with E-state index in [9.17, 15) is 5.84 Å². The summed E-state index contributed by atoms with van der Waals surface area (Å²) in [4.78, 5) is 0. The van der Waals surface area contributed by atoms with Crippen molar-refractivity contribution in [2.45, 2.75) is 374 Å².